The highest BCUT2D eigenvalue weighted by Gasteiger charge is 2.06. The van der Waals surface area contributed by atoms with Crippen LogP contribution in [0.3, 0.4) is 0 Å². The zero-order valence-electron chi connectivity index (χ0n) is 8.82. The summed E-state index contributed by atoms with van der Waals surface area (Å²) in [7, 11) is 0. The van der Waals surface area contributed by atoms with Crippen molar-refractivity contribution < 1.29 is 4.42 Å². The lowest BCUT2D eigenvalue weighted by atomic mass is 10.1. The van der Waals surface area contributed by atoms with E-state index in [0.717, 1.165) is 33.8 Å². The van der Waals surface area contributed by atoms with Gasteiger partial charge in [-0.2, -0.15) is 11.8 Å². The van der Waals surface area contributed by atoms with E-state index in [0.29, 0.717) is 6.54 Å². The summed E-state index contributed by atoms with van der Waals surface area (Å²) < 4.78 is 5.74. The maximum atomic E-state index is 5.74. The lowest BCUT2D eigenvalue weighted by molar-refractivity contribution is 0.574. The standard InChI is InChI=1S/C12H15NOS/c1-2-15-8-10-6-11-9(7-13)4-3-5-12(11)14-10/h3-6H,2,7-8,13H2,1H3. The number of furan rings is 1. The van der Waals surface area contributed by atoms with Gasteiger partial charge in [0.05, 0.1) is 5.75 Å². The summed E-state index contributed by atoms with van der Waals surface area (Å²) in [6.07, 6.45) is 0. The molecule has 2 nitrogen and oxygen atoms in total. The molecule has 0 unspecified atom stereocenters. The number of nitrogens with two attached hydrogens (primary N) is 1. The van der Waals surface area contributed by atoms with E-state index in [-0.39, 0.29) is 0 Å². The van der Waals surface area contributed by atoms with Gasteiger partial charge in [0.2, 0.25) is 0 Å². The fourth-order valence-electron chi connectivity index (χ4n) is 1.63. The van der Waals surface area contributed by atoms with Crippen LogP contribution in [-0.4, -0.2) is 5.75 Å². The molecule has 1 heterocycles. The molecule has 1 aromatic carbocycles. The lowest BCUT2D eigenvalue weighted by Crippen LogP contribution is -1.95. The molecule has 0 aliphatic heterocycles. The summed E-state index contributed by atoms with van der Waals surface area (Å²) in [5.74, 6) is 3.09. The molecule has 3 heteroatoms. The van der Waals surface area contributed by atoms with Gasteiger partial charge in [0.1, 0.15) is 11.3 Å². The second kappa shape index (κ2) is 4.73. The topological polar surface area (TPSA) is 39.2 Å². The van der Waals surface area contributed by atoms with Crippen molar-refractivity contribution in [2.75, 3.05) is 5.75 Å². The van der Waals surface area contributed by atoms with Crippen LogP contribution in [0.4, 0.5) is 0 Å². The first kappa shape index (κ1) is 10.6. The van der Waals surface area contributed by atoms with Gasteiger partial charge in [0.25, 0.3) is 0 Å². The molecule has 0 fully saturated rings. The number of rotatable bonds is 4. The third kappa shape index (κ3) is 2.19. The van der Waals surface area contributed by atoms with E-state index >= 15 is 0 Å². The van der Waals surface area contributed by atoms with Gasteiger partial charge in [-0.05, 0) is 23.4 Å². The van der Waals surface area contributed by atoms with Crippen LogP contribution < -0.4 is 5.73 Å². The molecule has 2 N–H and O–H groups in total. The molecular weight excluding hydrogens is 206 g/mol. The minimum atomic E-state index is 0.567. The highest BCUT2D eigenvalue weighted by molar-refractivity contribution is 7.98. The Bertz CT molecular complexity index is 450. The molecule has 0 aliphatic carbocycles. The highest BCUT2D eigenvalue weighted by Crippen LogP contribution is 2.25. The van der Waals surface area contributed by atoms with Gasteiger partial charge in [-0.25, -0.2) is 0 Å². The van der Waals surface area contributed by atoms with Crippen LogP contribution in [0.2, 0.25) is 0 Å². The summed E-state index contributed by atoms with van der Waals surface area (Å²) in [5.41, 5.74) is 7.78. The molecular formula is C12H15NOS. The van der Waals surface area contributed by atoms with Crippen LogP contribution in [-0.2, 0) is 12.3 Å². The van der Waals surface area contributed by atoms with Crippen molar-refractivity contribution in [1.29, 1.82) is 0 Å². The molecule has 0 saturated carbocycles. The summed E-state index contributed by atoms with van der Waals surface area (Å²) in [5, 5.41) is 1.16. The highest BCUT2D eigenvalue weighted by atomic mass is 32.2. The van der Waals surface area contributed by atoms with Crippen molar-refractivity contribution in [3.8, 4) is 0 Å². The average Bonchev–Trinajstić information content (AvgIpc) is 2.68. The number of benzene rings is 1. The maximum Gasteiger partial charge on any atom is 0.134 e. The van der Waals surface area contributed by atoms with Gasteiger partial charge < -0.3 is 10.2 Å². The Morgan fingerprint density at radius 2 is 2.27 bits per heavy atom. The molecule has 1 aromatic heterocycles. The SMILES string of the molecule is CCSCc1cc2c(CN)cccc2o1. The van der Waals surface area contributed by atoms with E-state index in [9.17, 15) is 0 Å². The molecule has 2 aromatic rings. The molecule has 2 rings (SSSR count). The predicted octanol–water partition coefficient (Wildman–Crippen LogP) is 3.14. The first-order valence-electron chi connectivity index (χ1n) is 5.13. The lowest BCUT2D eigenvalue weighted by Gasteiger charge is -1.95. The fourth-order valence-corrected chi connectivity index (χ4v) is 2.17. The van der Waals surface area contributed by atoms with E-state index in [1.165, 1.54) is 0 Å². The first-order valence-corrected chi connectivity index (χ1v) is 6.28. The predicted molar refractivity (Wildman–Crippen MR) is 65.9 cm³/mol. The Labute approximate surface area is 93.8 Å². The van der Waals surface area contributed by atoms with Crippen molar-refractivity contribution >= 4 is 22.7 Å². The van der Waals surface area contributed by atoms with Crippen LogP contribution in [0.5, 0.6) is 0 Å². The summed E-state index contributed by atoms with van der Waals surface area (Å²) in [6, 6.07) is 8.15. The molecule has 0 spiro atoms. The number of thioether (sulfide) groups is 1. The Balaban J connectivity index is 2.37. The van der Waals surface area contributed by atoms with E-state index in [1.54, 1.807) is 0 Å². The maximum absolute atomic E-state index is 5.74. The van der Waals surface area contributed by atoms with Crippen molar-refractivity contribution in [1.82, 2.24) is 0 Å². The second-order valence-corrected chi connectivity index (χ2v) is 4.66. The minimum absolute atomic E-state index is 0.567. The summed E-state index contributed by atoms with van der Waals surface area (Å²) >= 11 is 1.86. The molecule has 0 atom stereocenters. The Morgan fingerprint density at radius 1 is 1.40 bits per heavy atom. The molecule has 0 bridgehead atoms. The monoisotopic (exact) mass is 221 g/mol. The Morgan fingerprint density at radius 3 is 3.00 bits per heavy atom. The minimum Gasteiger partial charge on any atom is -0.460 e. The second-order valence-electron chi connectivity index (χ2n) is 3.38. The third-order valence-electron chi connectivity index (χ3n) is 2.37. The Hall–Kier alpha value is -0.930. The molecule has 80 valence electrons. The average molecular weight is 221 g/mol. The molecule has 0 aliphatic rings. The Kier molecular flexibility index (Phi) is 3.34. The molecule has 0 radical (unpaired) electrons. The van der Waals surface area contributed by atoms with Gasteiger partial charge in [-0.15, -0.1) is 0 Å². The van der Waals surface area contributed by atoms with Crippen LogP contribution >= 0.6 is 11.8 Å². The molecule has 15 heavy (non-hydrogen) atoms. The van der Waals surface area contributed by atoms with Gasteiger partial charge in [-0.3, -0.25) is 0 Å². The van der Waals surface area contributed by atoms with E-state index < -0.39 is 0 Å². The van der Waals surface area contributed by atoms with E-state index in [1.807, 2.05) is 23.9 Å². The third-order valence-corrected chi connectivity index (χ3v) is 3.27. The van der Waals surface area contributed by atoms with Crippen LogP contribution in [0.1, 0.15) is 18.2 Å². The van der Waals surface area contributed by atoms with Gasteiger partial charge in [0, 0.05) is 11.9 Å². The van der Waals surface area contributed by atoms with Crippen molar-refractivity contribution in [2.24, 2.45) is 5.73 Å². The normalized spacial score (nSPS) is 11.1. The van der Waals surface area contributed by atoms with E-state index in [4.69, 9.17) is 10.2 Å². The molecule has 0 amide bonds. The largest absolute Gasteiger partial charge is 0.460 e. The van der Waals surface area contributed by atoms with Crippen molar-refractivity contribution in [3.05, 3.63) is 35.6 Å². The zero-order valence-corrected chi connectivity index (χ0v) is 9.64. The zero-order chi connectivity index (χ0) is 10.7. The van der Waals surface area contributed by atoms with Gasteiger partial charge in [-0.1, -0.05) is 19.1 Å². The van der Waals surface area contributed by atoms with Crippen molar-refractivity contribution in [3.63, 3.8) is 0 Å². The number of fused-ring (bicyclic) bond motifs is 1. The van der Waals surface area contributed by atoms with Gasteiger partial charge >= 0.3 is 0 Å². The van der Waals surface area contributed by atoms with Gasteiger partial charge in [0.15, 0.2) is 0 Å². The fraction of sp³-hybridized carbons (Fsp3) is 0.333. The van der Waals surface area contributed by atoms with Crippen LogP contribution in [0, 0.1) is 0 Å². The smallest absolute Gasteiger partial charge is 0.134 e. The van der Waals surface area contributed by atoms with Crippen LogP contribution in [0.25, 0.3) is 11.0 Å². The quantitative estimate of drug-likeness (QED) is 0.862. The van der Waals surface area contributed by atoms with E-state index in [2.05, 4.69) is 19.1 Å². The van der Waals surface area contributed by atoms with Crippen LogP contribution in [0.15, 0.2) is 28.7 Å². The molecule has 0 saturated heterocycles. The summed E-state index contributed by atoms with van der Waals surface area (Å²) in [4.78, 5) is 0. The van der Waals surface area contributed by atoms with Crippen molar-refractivity contribution in [2.45, 2.75) is 19.2 Å². The first-order chi connectivity index (χ1) is 7.35. The summed E-state index contributed by atoms with van der Waals surface area (Å²) in [6.45, 7) is 2.72. The number of hydrogen-bond donors (Lipinski definition) is 1. The number of hydrogen-bond acceptors (Lipinski definition) is 3.